The Kier molecular flexibility index (Phi) is 41.1. The zero-order chi connectivity index (χ0) is 44.9. The van der Waals surface area contributed by atoms with Gasteiger partial charge in [-0.05, 0) is 83.5 Å². The first-order valence-electron chi connectivity index (χ1n) is 24.5. The van der Waals surface area contributed by atoms with E-state index in [0.717, 1.165) is 89.9 Å². The van der Waals surface area contributed by atoms with Crippen molar-refractivity contribution in [3.05, 3.63) is 72.9 Å². The van der Waals surface area contributed by atoms with Crippen molar-refractivity contribution in [2.24, 2.45) is 0 Å². The molecule has 8 nitrogen and oxygen atoms in total. The number of carbonyl (C=O) groups excluding carboxylic acids is 2. The Balaban J connectivity index is 4.38. The molecule has 0 aromatic rings. The van der Waals surface area contributed by atoms with E-state index in [1.54, 1.807) is 0 Å². The number of hydrogen-bond donors (Lipinski definition) is 1. The lowest BCUT2D eigenvalue weighted by molar-refractivity contribution is -0.887. The van der Waals surface area contributed by atoms with Gasteiger partial charge in [0.25, 0.3) is 0 Å². The molecule has 8 heteroatoms. The zero-order valence-corrected chi connectivity index (χ0v) is 39.8. The van der Waals surface area contributed by atoms with E-state index in [4.69, 9.17) is 14.2 Å². The summed E-state index contributed by atoms with van der Waals surface area (Å²) in [7, 11) is 5.51. The van der Waals surface area contributed by atoms with Gasteiger partial charge in [-0.1, -0.05) is 164 Å². The van der Waals surface area contributed by atoms with E-state index in [1.165, 1.54) is 70.6 Å². The molecule has 0 heterocycles. The summed E-state index contributed by atoms with van der Waals surface area (Å²) in [5, 5.41) is 9.64. The summed E-state index contributed by atoms with van der Waals surface area (Å²) in [6.45, 7) is 4.65. The van der Waals surface area contributed by atoms with Crippen LogP contribution in [0.3, 0.4) is 0 Å². The largest absolute Gasteiger partial charge is 0.477 e. The van der Waals surface area contributed by atoms with Crippen LogP contribution in [0.4, 0.5) is 0 Å². The van der Waals surface area contributed by atoms with Gasteiger partial charge in [-0.25, -0.2) is 4.79 Å². The number of quaternary nitrogens is 1. The molecule has 2 atom stereocenters. The molecule has 1 N–H and O–H groups in total. The number of ether oxygens (including phenoxy) is 3. The molecule has 0 aromatic heterocycles. The molecular weight excluding hydrogens is 763 g/mol. The molecule has 0 radical (unpaired) electrons. The smallest absolute Gasteiger partial charge is 0.362 e. The number of aliphatic carboxylic acids is 1. The summed E-state index contributed by atoms with van der Waals surface area (Å²) < 4.78 is 17.3. The maximum atomic E-state index is 12.8. The van der Waals surface area contributed by atoms with E-state index in [0.29, 0.717) is 19.3 Å². The molecule has 0 amide bonds. The third kappa shape index (κ3) is 41.9. The average Bonchev–Trinajstić information content (AvgIpc) is 3.22. The van der Waals surface area contributed by atoms with E-state index in [-0.39, 0.29) is 36.2 Å². The van der Waals surface area contributed by atoms with Gasteiger partial charge in [0, 0.05) is 19.3 Å². The van der Waals surface area contributed by atoms with Gasteiger partial charge in [-0.2, -0.15) is 0 Å². The van der Waals surface area contributed by atoms with E-state index >= 15 is 0 Å². The van der Waals surface area contributed by atoms with Crippen molar-refractivity contribution in [1.29, 1.82) is 0 Å². The van der Waals surface area contributed by atoms with Crippen molar-refractivity contribution in [3.63, 3.8) is 0 Å². The first-order valence-corrected chi connectivity index (χ1v) is 24.5. The molecule has 0 rings (SSSR count). The van der Waals surface area contributed by atoms with Gasteiger partial charge in [0.15, 0.2) is 12.1 Å². The second-order valence-electron chi connectivity index (χ2n) is 17.4. The first kappa shape index (κ1) is 57.8. The Hall–Kier alpha value is -3.23. The Morgan fingerprint density at radius 1 is 0.508 bits per heavy atom. The first-order chi connectivity index (χ1) is 29.6. The average molecular weight is 855 g/mol. The molecule has 350 valence electrons. The molecular formula is C53H92NO7+. The van der Waals surface area contributed by atoms with Crippen LogP contribution in [0.2, 0.25) is 0 Å². The van der Waals surface area contributed by atoms with E-state index in [1.807, 2.05) is 21.1 Å². The molecule has 2 unspecified atom stereocenters. The number of carbonyl (C=O) groups is 3. The fourth-order valence-electron chi connectivity index (χ4n) is 6.77. The quantitative estimate of drug-likeness (QED) is 0.0214. The number of carboxylic acid groups (broad SMARTS) is 1. The van der Waals surface area contributed by atoms with Crippen molar-refractivity contribution in [2.45, 2.75) is 206 Å². The maximum Gasteiger partial charge on any atom is 0.362 e. The van der Waals surface area contributed by atoms with E-state index in [2.05, 4.69) is 86.8 Å². The second kappa shape index (κ2) is 43.4. The van der Waals surface area contributed by atoms with Crippen LogP contribution >= 0.6 is 0 Å². The maximum absolute atomic E-state index is 12.8. The van der Waals surface area contributed by atoms with Crippen molar-refractivity contribution < 1.29 is 38.2 Å². The molecule has 0 spiro atoms. The van der Waals surface area contributed by atoms with Crippen LogP contribution in [-0.2, 0) is 28.6 Å². The molecule has 0 aliphatic heterocycles. The summed E-state index contributed by atoms with van der Waals surface area (Å²) in [5.41, 5.74) is 0. The van der Waals surface area contributed by atoms with E-state index in [9.17, 15) is 19.5 Å². The second-order valence-corrected chi connectivity index (χ2v) is 17.4. The minimum absolute atomic E-state index is 0.0415. The van der Waals surface area contributed by atoms with E-state index < -0.39 is 18.1 Å². The third-order valence-corrected chi connectivity index (χ3v) is 10.6. The van der Waals surface area contributed by atoms with Crippen LogP contribution < -0.4 is 0 Å². The lowest BCUT2D eigenvalue weighted by Crippen LogP contribution is -2.50. The van der Waals surface area contributed by atoms with Crippen LogP contribution in [0, 0.1) is 0 Å². The standard InChI is InChI=1S/C53H91NO7/c1-6-8-10-12-14-16-18-20-22-24-25-26-27-28-30-32-34-36-38-40-42-44-52(56)61-49(47-59-46-45-50(53(57)58)54(3,4)5)48-60-51(55)43-41-39-37-35-33-31-29-23-21-19-17-15-13-11-9-7-2/h14,16,20,22-23,25-26,28-31,33,49-50H,6-13,15,17-19,21,24,27,32,34-48H2,1-5H3/p+1/b16-14+,22-20+,26-25+,29-23+,30-28+,33-31+. The summed E-state index contributed by atoms with van der Waals surface area (Å²) in [4.78, 5) is 37.1. The van der Waals surface area contributed by atoms with Crippen LogP contribution in [0.1, 0.15) is 194 Å². The highest BCUT2D eigenvalue weighted by Gasteiger charge is 2.31. The fraction of sp³-hybridized carbons (Fsp3) is 0.717. The Morgan fingerprint density at radius 3 is 1.43 bits per heavy atom. The molecule has 0 aromatic carbocycles. The lowest BCUT2D eigenvalue weighted by Gasteiger charge is -2.31. The predicted octanol–water partition coefficient (Wildman–Crippen LogP) is 13.9. The van der Waals surface area contributed by atoms with Gasteiger partial charge in [-0.3, -0.25) is 9.59 Å². The van der Waals surface area contributed by atoms with Gasteiger partial charge >= 0.3 is 17.9 Å². The van der Waals surface area contributed by atoms with Crippen LogP contribution in [0.25, 0.3) is 0 Å². The highest BCUT2D eigenvalue weighted by atomic mass is 16.6. The number of unbranched alkanes of at least 4 members (excludes halogenated alkanes) is 18. The normalized spacial score (nSPS) is 13.5. The molecule has 0 saturated carbocycles. The number of esters is 2. The summed E-state index contributed by atoms with van der Waals surface area (Å²) in [6, 6.07) is -0.626. The number of carboxylic acids is 1. The van der Waals surface area contributed by atoms with Gasteiger partial charge < -0.3 is 23.8 Å². The zero-order valence-electron chi connectivity index (χ0n) is 39.8. The minimum atomic E-state index is -0.884. The summed E-state index contributed by atoms with van der Waals surface area (Å²) >= 11 is 0. The number of nitrogens with zero attached hydrogens (tertiary/aromatic N) is 1. The minimum Gasteiger partial charge on any atom is -0.477 e. The molecule has 61 heavy (non-hydrogen) atoms. The van der Waals surface area contributed by atoms with Crippen molar-refractivity contribution in [3.8, 4) is 0 Å². The van der Waals surface area contributed by atoms with Gasteiger partial charge in [-0.15, -0.1) is 0 Å². The molecule has 0 saturated heterocycles. The molecule has 0 aliphatic rings. The number of rotatable bonds is 43. The molecule has 0 aliphatic carbocycles. The van der Waals surface area contributed by atoms with Gasteiger partial charge in [0.1, 0.15) is 6.61 Å². The van der Waals surface area contributed by atoms with Crippen molar-refractivity contribution in [2.75, 3.05) is 41.0 Å². The highest BCUT2D eigenvalue weighted by molar-refractivity contribution is 5.72. The summed E-state index contributed by atoms with van der Waals surface area (Å²) in [6.07, 6.45) is 55.2. The SMILES string of the molecule is CCCCC/C=C/C/C=C/C/C=C/C/C=C/CCCCCCCC(=O)OC(COCCC(C(=O)O)[N+](C)(C)C)COC(=O)CCCCC/C=C/C=C/CCCCCCCCC. The lowest BCUT2D eigenvalue weighted by atomic mass is 10.1. The van der Waals surface area contributed by atoms with Crippen LogP contribution in [0.15, 0.2) is 72.9 Å². The third-order valence-electron chi connectivity index (χ3n) is 10.6. The number of allylic oxidation sites excluding steroid dienone is 12. The topological polar surface area (TPSA) is 99.1 Å². The Bertz CT molecular complexity index is 1230. The highest BCUT2D eigenvalue weighted by Crippen LogP contribution is 2.13. The molecule has 0 fully saturated rings. The van der Waals surface area contributed by atoms with Crippen molar-refractivity contribution >= 4 is 17.9 Å². The monoisotopic (exact) mass is 855 g/mol. The number of hydrogen-bond acceptors (Lipinski definition) is 6. The van der Waals surface area contributed by atoms with Gasteiger partial charge in [0.2, 0.25) is 0 Å². The van der Waals surface area contributed by atoms with Crippen molar-refractivity contribution in [1.82, 2.24) is 0 Å². The van der Waals surface area contributed by atoms with Gasteiger partial charge in [0.05, 0.1) is 34.4 Å². The molecule has 0 bridgehead atoms. The predicted molar refractivity (Wildman–Crippen MR) is 257 cm³/mol. The van der Waals surface area contributed by atoms with Crippen LogP contribution in [0.5, 0.6) is 0 Å². The number of likely N-dealkylation sites (N-methyl/N-ethyl adjacent to an activating group) is 1. The Morgan fingerprint density at radius 2 is 0.918 bits per heavy atom. The van der Waals surface area contributed by atoms with Crippen LogP contribution in [-0.4, -0.2) is 80.6 Å². The fourth-order valence-corrected chi connectivity index (χ4v) is 6.77. The Labute approximate surface area is 374 Å². The summed E-state index contributed by atoms with van der Waals surface area (Å²) in [5.74, 6) is -1.53.